The number of aromatic amines is 1. The first-order chi connectivity index (χ1) is 9.90. The second kappa shape index (κ2) is 4.83. The summed E-state index contributed by atoms with van der Waals surface area (Å²) in [5.41, 5.74) is 6.15. The molecule has 2 heterocycles. The Bertz CT molecular complexity index is 741. The van der Waals surface area contributed by atoms with Gasteiger partial charge >= 0.3 is 0 Å². The van der Waals surface area contributed by atoms with E-state index in [1.165, 1.54) is 16.8 Å². The van der Waals surface area contributed by atoms with Gasteiger partial charge in [-0.15, -0.1) is 0 Å². The molecule has 0 aliphatic heterocycles. The zero-order chi connectivity index (χ0) is 15.2. The van der Waals surface area contributed by atoms with Crippen LogP contribution >= 0.6 is 0 Å². The number of nitrogens with zero attached hydrogens (tertiary/aromatic N) is 1. The third kappa shape index (κ3) is 2.31. The molecule has 21 heavy (non-hydrogen) atoms. The van der Waals surface area contributed by atoms with Gasteiger partial charge in [-0.2, -0.15) is 0 Å². The van der Waals surface area contributed by atoms with Gasteiger partial charge in [0.1, 0.15) is 0 Å². The average molecular weight is 282 g/mol. The first-order valence-corrected chi connectivity index (χ1v) is 7.61. The van der Waals surface area contributed by atoms with Gasteiger partial charge in [-0.3, -0.25) is 9.78 Å². The van der Waals surface area contributed by atoms with E-state index in [2.05, 4.69) is 32.7 Å². The largest absolute Gasteiger partial charge is 0.329 e. The van der Waals surface area contributed by atoms with Crippen molar-refractivity contribution in [2.45, 2.75) is 51.9 Å². The van der Waals surface area contributed by atoms with Crippen LogP contribution in [-0.4, -0.2) is 9.97 Å². The Morgan fingerprint density at radius 1 is 1.33 bits per heavy atom. The molecule has 0 saturated carbocycles. The Hall–Kier alpha value is -1.90. The summed E-state index contributed by atoms with van der Waals surface area (Å²) < 4.78 is 0. The second-order valence-electron chi connectivity index (χ2n) is 6.89. The highest BCUT2D eigenvalue weighted by molar-refractivity contribution is 5.69. The van der Waals surface area contributed by atoms with Gasteiger partial charge in [0.2, 0.25) is 5.56 Å². The van der Waals surface area contributed by atoms with Crippen molar-refractivity contribution in [1.29, 1.82) is 0 Å². The zero-order valence-electron chi connectivity index (χ0n) is 13.2. The minimum atomic E-state index is -0.0666. The van der Waals surface area contributed by atoms with E-state index in [1.54, 1.807) is 12.3 Å². The molecule has 2 aromatic rings. The molecule has 1 aliphatic rings. The molecule has 0 bridgehead atoms. The average Bonchev–Trinajstić information content (AvgIpc) is 2.73. The summed E-state index contributed by atoms with van der Waals surface area (Å²) in [6.45, 7) is 8.97. The normalized spacial score (nSPS) is 16.2. The standard InChI is InChI=1S/C18H22N2O/c1-11(2)16-13-5-7-18(3,4)17(13)20-10-14(16)12-6-8-19-15(21)9-12/h6,8-11H,5,7H2,1-4H3,(H,19,21). The van der Waals surface area contributed by atoms with Crippen LogP contribution < -0.4 is 5.56 Å². The Morgan fingerprint density at radius 3 is 2.76 bits per heavy atom. The van der Waals surface area contributed by atoms with E-state index in [-0.39, 0.29) is 11.0 Å². The monoisotopic (exact) mass is 282 g/mol. The highest BCUT2D eigenvalue weighted by atomic mass is 16.1. The minimum Gasteiger partial charge on any atom is -0.329 e. The smallest absolute Gasteiger partial charge is 0.248 e. The van der Waals surface area contributed by atoms with Crippen LogP contribution in [0.25, 0.3) is 11.1 Å². The van der Waals surface area contributed by atoms with Crippen LogP contribution in [0.2, 0.25) is 0 Å². The molecule has 0 aromatic carbocycles. The SMILES string of the molecule is CC(C)c1c(-c2cc[nH]c(=O)c2)cnc2c1CCC2(C)C. The number of hydrogen-bond acceptors (Lipinski definition) is 2. The number of rotatable bonds is 2. The molecule has 1 N–H and O–H groups in total. The lowest BCUT2D eigenvalue weighted by Gasteiger charge is -2.21. The van der Waals surface area contributed by atoms with E-state index < -0.39 is 0 Å². The molecule has 0 spiro atoms. The minimum absolute atomic E-state index is 0.0666. The lowest BCUT2D eigenvalue weighted by Crippen LogP contribution is -2.15. The molecule has 3 heteroatoms. The molecule has 3 rings (SSSR count). The van der Waals surface area contributed by atoms with Crippen molar-refractivity contribution in [3.8, 4) is 11.1 Å². The molecule has 0 unspecified atom stereocenters. The van der Waals surface area contributed by atoms with Crippen LogP contribution in [0.15, 0.2) is 29.3 Å². The maximum absolute atomic E-state index is 11.6. The summed E-state index contributed by atoms with van der Waals surface area (Å²) in [5, 5.41) is 0. The van der Waals surface area contributed by atoms with E-state index in [1.807, 2.05) is 12.3 Å². The summed E-state index contributed by atoms with van der Waals surface area (Å²) in [6.07, 6.45) is 5.89. The number of pyridine rings is 2. The third-order valence-electron chi connectivity index (χ3n) is 4.53. The zero-order valence-corrected chi connectivity index (χ0v) is 13.2. The first kappa shape index (κ1) is 14.1. The predicted octanol–water partition coefficient (Wildman–Crippen LogP) is 3.78. The van der Waals surface area contributed by atoms with Crippen LogP contribution in [0.3, 0.4) is 0 Å². The number of hydrogen-bond donors (Lipinski definition) is 1. The van der Waals surface area contributed by atoms with Gasteiger partial charge in [0.15, 0.2) is 0 Å². The molecule has 0 saturated heterocycles. The summed E-state index contributed by atoms with van der Waals surface area (Å²) in [7, 11) is 0. The predicted molar refractivity (Wildman–Crippen MR) is 85.7 cm³/mol. The van der Waals surface area contributed by atoms with Gasteiger partial charge in [0.25, 0.3) is 0 Å². The lowest BCUT2D eigenvalue weighted by molar-refractivity contribution is 0.509. The Kier molecular flexibility index (Phi) is 3.23. The van der Waals surface area contributed by atoms with Gasteiger partial charge < -0.3 is 4.98 Å². The van der Waals surface area contributed by atoms with Crippen molar-refractivity contribution >= 4 is 0 Å². The van der Waals surface area contributed by atoms with Crippen molar-refractivity contribution in [2.24, 2.45) is 0 Å². The van der Waals surface area contributed by atoms with Crippen molar-refractivity contribution in [3.63, 3.8) is 0 Å². The summed E-state index contributed by atoms with van der Waals surface area (Å²) in [4.78, 5) is 19.0. The van der Waals surface area contributed by atoms with Crippen molar-refractivity contribution in [3.05, 3.63) is 51.7 Å². The topological polar surface area (TPSA) is 45.8 Å². The maximum Gasteiger partial charge on any atom is 0.248 e. The number of fused-ring (bicyclic) bond motifs is 1. The van der Waals surface area contributed by atoms with Crippen LogP contribution in [0.1, 0.15) is 56.9 Å². The summed E-state index contributed by atoms with van der Waals surface area (Å²) in [6, 6.07) is 3.62. The number of nitrogens with one attached hydrogen (secondary N) is 1. The van der Waals surface area contributed by atoms with Crippen molar-refractivity contribution in [2.75, 3.05) is 0 Å². The number of aromatic nitrogens is 2. The second-order valence-corrected chi connectivity index (χ2v) is 6.89. The van der Waals surface area contributed by atoms with Gasteiger partial charge in [-0.1, -0.05) is 27.7 Å². The fourth-order valence-electron chi connectivity index (χ4n) is 3.46. The summed E-state index contributed by atoms with van der Waals surface area (Å²) >= 11 is 0. The van der Waals surface area contributed by atoms with E-state index in [0.717, 1.165) is 24.0 Å². The van der Waals surface area contributed by atoms with E-state index in [4.69, 9.17) is 4.98 Å². The fraction of sp³-hybridized carbons (Fsp3) is 0.444. The molecule has 0 atom stereocenters. The Balaban J connectivity index is 2.26. The van der Waals surface area contributed by atoms with Crippen LogP contribution in [0.5, 0.6) is 0 Å². The Morgan fingerprint density at radius 2 is 2.10 bits per heavy atom. The van der Waals surface area contributed by atoms with Crippen LogP contribution in [0, 0.1) is 0 Å². The van der Waals surface area contributed by atoms with Crippen LogP contribution in [-0.2, 0) is 11.8 Å². The molecule has 0 radical (unpaired) electrons. The first-order valence-electron chi connectivity index (χ1n) is 7.61. The summed E-state index contributed by atoms with van der Waals surface area (Å²) in [5.74, 6) is 0.421. The van der Waals surface area contributed by atoms with E-state index in [0.29, 0.717) is 5.92 Å². The molecular weight excluding hydrogens is 260 g/mol. The van der Waals surface area contributed by atoms with Crippen LogP contribution in [0.4, 0.5) is 0 Å². The van der Waals surface area contributed by atoms with Gasteiger partial charge in [0, 0.05) is 35.1 Å². The highest BCUT2D eigenvalue weighted by Gasteiger charge is 2.34. The van der Waals surface area contributed by atoms with Gasteiger partial charge in [-0.25, -0.2) is 0 Å². The molecule has 110 valence electrons. The molecular formula is C18H22N2O. The van der Waals surface area contributed by atoms with Gasteiger partial charge in [0.05, 0.1) is 0 Å². The van der Waals surface area contributed by atoms with E-state index >= 15 is 0 Å². The molecule has 1 aliphatic carbocycles. The highest BCUT2D eigenvalue weighted by Crippen LogP contribution is 2.43. The maximum atomic E-state index is 11.6. The Labute approximate surface area is 125 Å². The van der Waals surface area contributed by atoms with E-state index in [9.17, 15) is 4.79 Å². The van der Waals surface area contributed by atoms with Gasteiger partial charge in [-0.05, 0) is 41.5 Å². The van der Waals surface area contributed by atoms with Crippen molar-refractivity contribution in [1.82, 2.24) is 9.97 Å². The molecule has 2 aromatic heterocycles. The quantitative estimate of drug-likeness (QED) is 0.911. The lowest BCUT2D eigenvalue weighted by atomic mass is 9.86. The fourth-order valence-corrected chi connectivity index (χ4v) is 3.46. The molecule has 0 fully saturated rings. The third-order valence-corrected chi connectivity index (χ3v) is 4.53. The molecule has 0 amide bonds. The van der Waals surface area contributed by atoms with Crippen molar-refractivity contribution < 1.29 is 0 Å². The number of H-pyrrole nitrogens is 1. The molecule has 3 nitrogen and oxygen atoms in total.